The van der Waals surface area contributed by atoms with E-state index in [0.717, 1.165) is 49.9 Å². The van der Waals surface area contributed by atoms with Gasteiger partial charge in [0, 0.05) is 39.5 Å². The van der Waals surface area contributed by atoms with E-state index in [0.29, 0.717) is 0 Å². The van der Waals surface area contributed by atoms with Crippen LogP contribution in [-0.2, 0) is 0 Å². The van der Waals surface area contributed by atoms with Crippen molar-refractivity contribution < 1.29 is 9.15 Å². The van der Waals surface area contributed by atoms with Crippen molar-refractivity contribution in [2.24, 2.45) is 4.99 Å². The summed E-state index contributed by atoms with van der Waals surface area (Å²) >= 11 is 0. The third-order valence-corrected chi connectivity index (χ3v) is 4.95. The Morgan fingerprint density at radius 3 is 2.56 bits per heavy atom. The van der Waals surface area contributed by atoms with Crippen molar-refractivity contribution in [3.63, 3.8) is 0 Å². The van der Waals surface area contributed by atoms with Crippen molar-refractivity contribution in [1.29, 1.82) is 0 Å². The Bertz CT molecular complexity index is 692. The highest BCUT2D eigenvalue weighted by Gasteiger charge is 2.24. The molecule has 2 heterocycles. The van der Waals surface area contributed by atoms with Crippen molar-refractivity contribution in [2.45, 2.75) is 25.0 Å². The fourth-order valence-corrected chi connectivity index (χ4v) is 3.42. The Hall–Kier alpha value is -2.47. The van der Waals surface area contributed by atoms with E-state index in [-0.39, 0.29) is 12.1 Å². The lowest BCUT2D eigenvalue weighted by molar-refractivity contribution is 0.129. The number of para-hydroxylation sites is 1. The van der Waals surface area contributed by atoms with Crippen LogP contribution in [-0.4, -0.2) is 62.6 Å². The summed E-state index contributed by atoms with van der Waals surface area (Å²) in [7, 11) is 5.96. The molecular formula is C21H30N4O2. The van der Waals surface area contributed by atoms with Gasteiger partial charge in [0.05, 0.1) is 12.3 Å². The molecule has 1 aromatic carbocycles. The van der Waals surface area contributed by atoms with Gasteiger partial charge in [-0.05, 0) is 38.4 Å². The van der Waals surface area contributed by atoms with Gasteiger partial charge in [0.25, 0.3) is 0 Å². The fraction of sp³-hybridized carbons (Fsp3) is 0.476. The molecule has 0 radical (unpaired) electrons. The number of furan rings is 1. The number of likely N-dealkylation sites (N-methyl/N-ethyl adjacent to an activating group) is 1. The Morgan fingerprint density at radius 1 is 1.22 bits per heavy atom. The highest BCUT2D eigenvalue weighted by atomic mass is 16.5. The predicted octanol–water partition coefficient (Wildman–Crippen LogP) is 3.00. The SMILES string of the molecule is CN=C(NCC(c1ccco1)N(C)C)N1CCC(Oc2ccccc2)CC1. The third-order valence-electron chi connectivity index (χ3n) is 4.95. The van der Waals surface area contributed by atoms with Crippen LogP contribution in [0, 0.1) is 0 Å². The first kappa shape index (κ1) is 19.3. The second-order valence-corrected chi connectivity index (χ2v) is 7.04. The number of benzene rings is 1. The maximum Gasteiger partial charge on any atom is 0.193 e. The molecule has 1 aromatic heterocycles. The van der Waals surface area contributed by atoms with Gasteiger partial charge in [0.15, 0.2) is 5.96 Å². The molecule has 6 heteroatoms. The highest BCUT2D eigenvalue weighted by molar-refractivity contribution is 5.80. The molecule has 27 heavy (non-hydrogen) atoms. The van der Waals surface area contributed by atoms with E-state index < -0.39 is 0 Å². The quantitative estimate of drug-likeness (QED) is 0.626. The Balaban J connectivity index is 1.50. The molecule has 1 aliphatic heterocycles. The van der Waals surface area contributed by atoms with Gasteiger partial charge in [-0.3, -0.25) is 9.89 Å². The monoisotopic (exact) mass is 370 g/mol. The van der Waals surface area contributed by atoms with Crippen LogP contribution >= 0.6 is 0 Å². The molecule has 0 aliphatic carbocycles. The molecule has 1 aliphatic rings. The van der Waals surface area contributed by atoms with Crippen LogP contribution in [0.25, 0.3) is 0 Å². The minimum absolute atomic E-state index is 0.163. The number of hydrogen-bond donors (Lipinski definition) is 1. The summed E-state index contributed by atoms with van der Waals surface area (Å²) in [5.74, 6) is 2.84. The van der Waals surface area contributed by atoms with Crippen molar-refractivity contribution in [2.75, 3.05) is 40.8 Å². The molecule has 2 aromatic rings. The number of ether oxygens (including phenoxy) is 1. The number of rotatable bonds is 6. The summed E-state index contributed by atoms with van der Waals surface area (Å²) in [4.78, 5) is 8.93. The van der Waals surface area contributed by atoms with Crippen LogP contribution in [0.15, 0.2) is 58.1 Å². The lowest BCUT2D eigenvalue weighted by Crippen LogP contribution is -2.49. The predicted molar refractivity (Wildman–Crippen MR) is 108 cm³/mol. The maximum absolute atomic E-state index is 6.09. The largest absolute Gasteiger partial charge is 0.490 e. The average Bonchev–Trinajstić information content (AvgIpc) is 3.21. The van der Waals surface area contributed by atoms with E-state index in [2.05, 4.69) is 34.2 Å². The normalized spacial score (nSPS) is 17.2. The van der Waals surface area contributed by atoms with E-state index in [1.54, 1.807) is 6.26 Å². The molecule has 1 atom stereocenters. The van der Waals surface area contributed by atoms with E-state index in [1.807, 2.05) is 49.5 Å². The number of nitrogens with zero attached hydrogens (tertiary/aromatic N) is 3. The van der Waals surface area contributed by atoms with Gasteiger partial charge >= 0.3 is 0 Å². The second kappa shape index (κ2) is 9.46. The summed E-state index contributed by atoms with van der Waals surface area (Å²) in [6.45, 7) is 2.61. The van der Waals surface area contributed by atoms with Gasteiger partial charge < -0.3 is 19.4 Å². The van der Waals surface area contributed by atoms with Crippen molar-refractivity contribution in [1.82, 2.24) is 15.1 Å². The molecule has 3 rings (SSSR count). The average molecular weight is 370 g/mol. The third kappa shape index (κ3) is 5.26. The number of hydrogen-bond acceptors (Lipinski definition) is 4. The lowest BCUT2D eigenvalue weighted by atomic mass is 10.1. The van der Waals surface area contributed by atoms with E-state index in [4.69, 9.17) is 9.15 Å². The first-order valence-corrected chi connectivity index (χ1v) is 9.54. The standard InChI is InChI=1S/C21H30N4O2/c1-22-21(23-16-19(24(2)3)20-10-7-15-26-20)25-13-11-18(12-14-25)27-17-8-5-4-6-9-17/h4-10,15,18-19H,11-14,16H2,1-3H3,(H,22,23). The van der Waals surface area contributed by atoms with Gasteiger partial charge in [-0.2, -0.15) is 0 Å². The topological polar surface area (TPSA) is 53.2 Å². The van der Waals surface area contributed by atoms with Crippen molar-refractivity contribution in [3.05, 3.63) is 54.5 Å². The molecule has 1 saturated heterocycles. The van der Waals surface area contributed by atoms with Crippen LogP contribution in [0.4, 0.5) is 0 Å². The van der Waals surface area contributed by atoms with Crippen LogP contribution in [0.1, 0.15) is 24.6 Å². The Labute approximate surface area is 161 Å². The summed E-state index contributed by atoms with van der Waals surface area (Å²) in [5.41, 5.74) is 0. The zero-order valence-electron chi connectivity index (χ0n) is 16.5. The molecule has 1 fully saturated rings. The number of aliphatic imine (C=N–C) groups is 1. The Kier molecular flexibility index (Phi) is 6.76. The van der Waals surface area contributed by atoms with Crippen molar-refractivity contribution in [3.8, 4) is 5.75 Å². The lowest BCUT2D eigenvalue weighted by Gasteiger charge is -2.35. The second-order valence-electron chi connectivity index (χ2n) is 7.04. The number of nitrogens with one attached hydrogen (secondary N) is 1. The number of guanidine groups is 1. The molecule has 0 spiro atoms. The highest BCUT2D eigenvalue weighted by Crippen LogP contribution is 2.20. The molecule has 1 unspecified atom stereocenters. The number of piperidine rings is 1. The molecule has 0 bridgehead atoms. The Morgan fingerprint density at radius 2 is 1.96 bits per heavy atom. The molecule has 0 saturated carbocycles. The zero-order valence-corrected chi connectivity index (χ0v) is 16.5. The summed E-state index contributed by atoms with van der Waals surface area (Å²) in [6, 6.07) is 14.2. The molecular weight excluding hydrogens is 340 g/mol. The smallest absolute Gasteiger partial charge is 0.193 e. The fourth-order valence-electron chi connectivity index (χ4n) is 3.42. The molecule has 146 valence electrons. The first-order valence-electron chi connectivity index (χ1n) is 9.54. The summed E-state index contributed by atoms with van der Waals surface area (Å²) < 4.78 is 11.7. The van der Waals surface area contributed by atoms with Crippen LogP contribution in [0.2, 0.25) is 0 Å². The van der Waals surface area contributed by atoms with E-state index >= 15 is 0 Å². The van der Waals surface area contributed by atoms with Gasteiger partial charge in [-0.15, -0.1) is 0 Å². The van der Waals surface area contributed by atoms with Crippen LogP contribution in [0.3, 0.4) is 0 Å². The van der Waals surface area contributed by atoms with Crippen molar-refractivity contribution >= 4 is 5.96 Å². The van der Waals surface area contributed by atoms with Gasteiger partial charge in [-0.25, -0.2) is 0 Å². The van der Waals surface area contributed by atoms with E-state index in [9.17, 15) is 0 Å². The first-order chi connectivity index (χ1) is 13.2. The number of likely N-dealkylation sites (tertiary alicyclic amines) is 1. The molecule has 6 nitrogen and oxygen atoms in total. The maximum atomic E-state index is 6.09. The zero-order chi connectivity index (χ0) is 19.1. The molecule has 0 amide bonds. The minimum Gasteiger partial charge on any atom is -0.490 e. The summed E-state index contributed by atoms with van der Waals surface area (Å²) in [6.07, 6.45) is 3.97. The van der Waals surface area contributed by atoms with Crippen LogP contribution in [0.5, 0.6) is 5.75 Å². The van der Waals surface area contributed by atoms with Crippen LogP contribution < -0.4 is 10.1 Å². The summed E-state index contributed by atoms with van der Waals surface area (Å²) in [5, 5.41) is 3.51. The van der Waals surface area contributed by atoms with Gasteiger partial charge in [0.1, 0.15) is 17.6 Å². The minimum atomic E-state index is 0.163. The molecule has 1 N–H and O–H groups in total. The van der Waals surface area contributed by atoms with Gasteiger partial charge in [0.2, 0.25) is 0 Å². The van der Waals surface area contributed by atoms with E-state index in [1.165, 1.54) is 0 Å². The van der Waals surface area contributed by atoms with Gasteiger partial charge in [-0.1, -0.05) is 18.2 Å².